The third-order valence-electron chi connectivity index (χ3n) is 2.52. The lowest BCUT2D eigenvalue weighted by Gasteiger charge is -2.17. The zero-order chi connectivity index (χ0) is 10.1. The molecule has 1 rings (SSSR count). The highest BCUT2D eigenvalue weighted by Gasteiger charge is 2.56. The van der Waals surface area contributed by atoms with E-state index in [1.165, 1.54) is 0 Å². The first-order valence-corrected chi connectivity index (χ1v) is 5.43. The number of carbonyl (C=O) groups excluding carboxylic acids is 1. The summed E-state index contributed by atoms with van der Waals surface area (Å²) in [5.74, 6) is -0.847. The molecule has 76 valence electrons. The summed E-state index contributed by atoms with van der Waals surface area (Å²) in [6.07, 6.45) is 1.27. The van der Waals surface area contributed by atoms with Gasteiger partial charge in [0.15, 0.2) is 11.1 Å². The van der Waals surface area contributed by atoms with E-state index in [-0.39, 0.29) is 5.97 Å². The fourth-order valence-corrected chi connectivity index (χ4v) is 2.21. The Morgan fingerprint density at radius 1 is 1.69 bits per heavy atom. The molecular weight excluding hydrogens is 192 g/mol. The summed E-state index contributed by atoms with van der Waals surface area (Å²) in [7, 11) is 0. The maximum Gasteiger partial charge on any atom is 0.310 e. The van der Waals surface area contributed by atoms with Gasteiger partial charge in [-0.1, -0.05) is 6.92 Å². The van der Waals surface area contributed by atoms with Gasteiger partial charge in [0, 0.05) is 0 Å². The van der Waals surface area contributed by atoms with Crippen LogP contribution in [0.25, 0.3) is 0 Å². The molecule has 2 atom stereocenters. The first kappa shape index (κ1) is 10.7. The maximum absolute atomic E-state index is 11.3. The van der Waals surface area contributed by atoms with Gasteiger partial charge in [-0.3, -0.25) is 4.79 Å². The normalized spacial score (nSPS) is 23.3. The zero-order valence-electron chi connectivity index (χ0n) is 7.78. The molecule has 1 aliphatic carbocycles. The molecule has 0 bridgehead atoms. The molecule has 5 heteroatoms. The van der Waals surface area contributed by atoms with Gasteiger partial charge in [-0.05, 0) is 19.8 Å². The van der Waals surface area contributed by atoms with Crippen LogP contribution in [0.1, 0.15) is 26.7 Å². The number of hydrogen-bond acceptors (Lipinski definition) is 3. The largest absolute Gasteiger partial charge is 0.466 e. The molecule has 2 unspecified atom stereocenters. The summed E-state index contributed by atoms with van der Waals surface area (Å²) in [4.78, 5) is 11.3. The van der Waals surface area contributed by atoms with Gasteiger partial charge in [-0.25, -0.2) is 4.21 Å². The minimum atomic E-state index is -1.92. The van der Waals surface area contributed by atoms with Crippen molar-refractivity contribution in [2.24, 2.45) is 5.92 Å². The van der Waals surface area contributed by atoms with E-state index in [2.05, 4.69) is 0 Å². The smallest absolute Gasteiger partial charge is 0.310 e. The number of ether oxygens (including phenoxy) is 1. The van der Waals surface area contributed by atoms with E-state index < -0.39 is 21.7 Å². The Morgan fingerprint density at radius 2 is 2.23 bits per heavy atom. The van der Waals surface area contributed by atoms with Crippen molar-refractivity contribution >= 4 is 17.0 Å². The van der Waals surface area contributed by atoms with Crippen LogP contribution in [0.2, 0.25) is 0 Å². The number of rotatable bonds is 4. The van der Waals surface area contributed by atoms with Crippen molar-refractivity contribution < 1.29 is 18.3 Å². The van der Waals surface area contributed by atoms with Crippen LogP contribution in [0.4, 0.5) is 0 Å². The van der Waals surface area contributed by atoms with Crippen LogP contribution in [-0.4, -0.2) is 26.1 Å². The average molecular weight is 206 g/mol. The second-order valence-electron chi connectivity index (χ2n) is 3.29. The van der Waals surface area contributed by atoms with E-state index in [4.69, 9.17) is 9.29 Å². The van der Waals surface area contributed by atoms with Crippen LogP contribution in [0.15, 0.2) is 0 Å². The van der Waals surface area contributed by atoms with Gasteiger partial charge in [0.25, 0.3) is 0 Å². The number of esters is 1. The van der Waals surface area contributed by atoms with Crippen molar-refractivity contribution in [2.75, 3.05) is 6.61 Å². The lowest BCUT2D eigenvalue weighted by molar-refractivity contribution is -0.147. The Morgan fingerprint density at radius 3 is 2.54 bits per heavy atom. The summed E-state index contributed by atoms with van der Waals surface area (Å²) in [5, 5.41) is 0. The topological polar surface area (TPSA) is 63.6 Å². The lowest BCUT2D eigenvalue weighted by atomic mass is 10.1. The van der Waals surface area contributed by atoms with E-state index in [1.54, 1.807) is 13.8 Å². The molecule has 13 heavy (non-hydrogen) atoms. The molecule has 1 saturated carbocycles. The van der Waals surface area contributed by atoms with Crippen LogP contribution in [0, 0.1) is 5.92 Å². The quantitative estimate of drug-likeness (QED) is 0.549. The monoisotopic (exact) mass is 206 g/mol. The van der Waals surface area contributed by atoms with Gasteiger partial charge in [-0.15, -0.1) is 0 Å². The molecule has 0 amide bonds. The number of carbonyl (C=O) groups is 1. The van der Waals surface area contributed by atoms with E-state index >= 15 is 0 Å². The minimum Gasteiger partial charge on any atom is -0.466 e. The molecule has 0 spiro atoms. The predicted octanol–water partition coefficient (Wildman–Crippen LogP) is 0.940. The van der Waals surface area contributed by atoms with E-state index in [1.807, 2.05) is 0 Å². The molecule has 4 nitrogen and oxygen atoms in total. The molecule has 1 N–H and O–H groups in total. The van der Waals surface area contributed by atoms with Gasteiger partial charge in [-0.2, -0.15) is 0 Å². The third kappa shape index (κ3) is 1.91. The van der Waals surface area contributed by atoms with Gasteiger partial charge in [0.1, 0.15) is 0 Å². The molecular formula is C8H14O4S. The molecule has 1 aliphatic rings. The Bertz CT molecular complexity index is 234. The predicted molar refractivity (Wildman–Crippen MR) is 48.5 cm³/mol. The zero-order valence-corrected chi connectivity index (χ0v) is 8.60. The molecule has 0 saturated heterocycles. The Balaban J connectivity index is 2.62. The van der Waals surface area contributed by atoms with Gasteiger partial charge >= 0.3 is 5.97 Å². The van der Waals surface area contributed by atoms with Crippen LogP contribution in [0.3, 0.4) is 0 Å². The number of hydrogen-bond donors (Lipinski definition) is 1. The summed E-state index contributed by atoms with van der Waals surface area (Å²) in [6, 6.07) is 0. The summed E-state index contributed by atoms with van der Waals surface area (Å²) in [5.41, 5.74) is 0. The Labute approximate surface area is 79.9 Å². The Hall–Kier alpha value is -0.420. The Kier molecular flexibility index (Phi) is 3.08. The SMILES string of the molecule is CCOC(=O)C(C)C1(S(=O)O)CC1. The molecule has 0 heterocycles. The van der Waals surface area contributed by atoms with E-state index in [9.17, 15) is 9.00 Å². The summed E-state index contributed by atoms with van der Waals surface area (Å²) >= 11 is -1.92. The second-order valence-corrected chi connectivity index (χ2v) is 4.60. The third-order valence-corrected chi connectivity index (χ3v) is 3.98. The molecule has 0 aromatic rings. The molecule has 0 aromatic carbocycles. The summed E-state index contributed by atoms with van der Waals surface area (Å²) in [6.45, 7) is 3.69. The second kappa shape index (κ2) is 3.75. The van der Waals surface area contributed by atoms with Crippen molar-refractivity contribution in [1.29, 1.82) is 0 Å². The van der Waals surface area contributed by atoms with Crippen molar-refractivity contribution in [1.82, 2.24) is 0 Å². The van der Waals surface area contributed by atoms with Crippen molar-refractivity contribution in [3.05, 3.63) is 0 Å². The highest BCUT2D eigenvalue weighted by atomic mass is 32.2. The van der Waals surface area contributed by atoms with E-state index in [0.717, 1.165) is 0 Å². The first-order valence-electron chi connectivity index (χ1n) is 4.32. The first-order chi connectivity index (χ1) is 6.04. The fraction of sp³-hybridized carbons (Fsp3) is 0.875. The van der Waals surface area contributed by atoms with Gasteiger partial charge in [0.05, 0.1) is 17.3 Å². The van der Waals surface area contributed by atoms with Gasteiger partial charge < -0.3 is 9.29 Å². The van der Waals surface area contributed by atoms with Gasteiger partial charge in [0.2, 0.25) is 0 Å². The highest BCUT2D eigenvalue weighted by molar-refractivity contribution is 7.81. The standard InChI is InChI=1S/C8H14O4S/c1-3-12-7(9)6(2)8(4-5-8)13(10)11/h6H,3-5H2,1-2H3,(H,10,11). The van der Waals surface area contributed by atoms with E-state index in [0.29, 0.717) is 19.4 Å². The molecule has 1 fully saturated rings. The van der Waals surface area contributed by atoms with Crippen LogP contribution >= 0.6 is 0 Å². The van der Waals surface area contributed by atoms with Crippen LogP contribution < -0.4 is 0 Å². The molecule has 0 aromatic heterocycles. The average Bonchev–Trinajstić information content (AvgIpc) is 2.83. The molecule has 0 aliphatic heterocycles. The summed E-state index contributed by atoms with van der Waals surface area (Å²) < 4.78 is 24.0. The fourth-order valence-electron chi connectivity index (χ4n) is 1.36. The van der Waals surface area contributed by atoms with Crippen molar-refractivity contribution in [2.45, 2.75) is 31.4 Å². The van der Waals surface area contributed by atoms with Crippen LogP contribution in [-0.2, 0) is 20.6 Å². The highest BCUT2D eigenvalue weighted by Crippen LogP contribution is 2.47. The molecule has 0 radical (unpaired) electrons. The van der Waals surface area contributed by atoms with Crippen molar-refractivity contribution in [3.8, 4) is 0 Å². The minimum absolute atomic E-state index is 0.317. The van der Waals surface area contributed by atoms with Crippen molar-refractivity contribution in [3.63, 3.8) is 0 Å². The maximum atomic E-state index is 11.3. The lowest BCUT2D eigenvalue weighted by Crippen LogP contribution is -2.32. The van der Waals surface area contributed by atoms with Crippen LogP contribution in [0.5, 0.6) is 0 Å².